The summed E-state index contributed by atoms with van der Waals surface area (Å²) in [6.07, 6.45) is 1.66. The van der Waals surface area contributed by atoms with Crippen LogP contribution in [0.15, 0.2) is 29.2 Å². The average molecular weight is 307 g/mol. The number of aliphatic carboxylic acids is 1. The van der Waals surface area contributed by atoms with Gasteiger partial charge < -0.3 is 10.0 Å². The number of hydrogen-bond donors (Lipinski definition) is 1. The van der Waals surface area contributed by atoms with Gasteiger partial charge in [-0.2, -0.15) is 0 Å². The second kappa shape index (κ2) is 7.50. The van der Waals surface area contributed by atoms with Crippen LogP contribution in [-0.4, -0.2) is 40.7 Å². The molecule has 2 rings (SSSR count). The van der Waals surface area contributed by atoms with Gasteiger partial charge in [0.1, 0.15) is 0 Å². The molecule has 1 aromatic rings. The molecule has 0 saturated carbocycles. The van der Waals surface area contributed by atoms with Gasteiger partial charge in [0.2, 0.25) is 5.91 Å². The first kappa shape index (κ1) is 15.9. The summed E-state index contributed by atoms with van der Waals surface area (Å²) in [6.45, 7) is 3.20. The van der Waals surface area contributed by atoms with E-state index in [-0.39, 0.29) is 11.8 Å². The van der Waals surface area contributed by atoms with E-state index in [1.165, 1.54) is 10.5 Å². The summed E-state index contributed by atoms with van der Waals surface area (Å²) in [5, 5.41) is 8.94. The van der Waals surface area contributed by atoms with Gasteiger partial charge in [-0.3, -0.25) is 9.59 Å². The lowest BCUT2D eigenvalue weighted by atomic mass is 9.97. The van der Waals surface area contributed by atoms with E-state index in [4.69, 9.17) is 5.11 Å². The smallest absolute Gasteiger partial charge is 0.306 e. The van der Waals surface area contributed by atoms with Gasteiger partial charge in [0, 0.05) is 30.2 Å². The van der Waals surface area contributed by atoms with Crippen LogP contribution in [0.4, 0.5) is 0 Å². The lowest BCUT2D eigenvalue weighted by molar-refractivity contribution is -0.145. The Bertz CT molecular complexity index is 493. The molecule has 1 aliphatic heterocycles. The number of benzene rings is 1. The number of carboxylic acid groups (broad SMARTS) is 1. The number of carbonyl (C=O) groups is 2. The van der Waals surface area contributed by atoms with E-state index in [9.17, 15) is 9.59 Å². The molecule has 0 aliphatic carbocycles. The Morgan fingerprint density at radius 1 is 1.24 bits per heavy atom. The van der Waals surface area contributed by atoms with Gasteiger partial charge in [-0.25, -0.2) is 0 Å². The molecular formula is C16H21NO3S. The maximum Gasteiger partial charge on any atom is 0.306 e. The second-order valence-corrected chi connectivity index (χ2v) is 6.57. The van der Waals surface area contributed by atoms with Crippen LogP contribution >= 0.6 is 11.8 Å². The third-order valence-electron chi connectivity index (χ3n) is 3.80. The number of hydrogen-bond acceptors (Lipinski definition) is 3. The zero-order valence-corrected chi connectivity index (χ0v) is 13.1. The molecule has 1 aromatic carbocycles. The number of carbonyl (C=O) groups excluding carboxylic acids is 1. The van der Waals surface area contributed by atoms with E-state index in [1.54, 1.807) is 16.7 Å². The van der Waals surface area contributed by atoms with Crippen LogP contribution in [0.25, 0.3) is 0 Å². The van der Waals surface area contributed by atoms with Crippen LogP contribution in [-0.2, 0) is 9.59 Å². The molecule has 0 radical (unpaired) electrons. The highest BCUT2D eigenvalue weighted by atomic mass is 32.2. The average Bonchev–Trinajstić information content (AvgIpc) is 2.49. The predicted octanol–water partition coefficient (Wildman–Crippen LogP) is 2.80. The summed E-state index contributed by atoms with van der Waals surface area (Å²) in [4.78, 5) is 25.9. The molecule has 1 aliphatic rings. The normalized spacial score (nSPS) is 16.0. The SMILES string of the molecule is Cc1ccc(SCCC(=O)N2CCC(C(=O)O)CC2)cc1. The van der Waals surface area contributed by atoms with Crippen molar-refractivity contribution in [3.63, 3.8) is 0 Å². The molecular weight excluding hydrogens is 286 g/mol. The van der Waals surface area contributed by atoms with Gasteiger partial charge in [-0.05, 0) is 31.9 Å². The Balaban J connectivity index is 1.70. The molecule has 1 saturated heterocycles. The second-order valence-electron chi connectivity index (χ2n) is 5.40. The van der Waals surface area contributed by atoms with Crippen LogP contribution in [0.1, 0.15) is 24.8 Å². The Morgan fingerprint density at radius 3 is 2.43 bits per heavy atom. The third-order valence-corrected chi connectivity index (χ3v) is 4.82. The maximum atomic E-state index is 12.1. The number of nitrogens with zero attached hydrogens (tertiary/aromatic N) is 1. The van der Waals surface area contributed by atoms with Crippen molar-refractivity contribution in [3.05, 3.63) is 29.8 Å². The van der Waals surface area contributed by atoms with Crippen molar-refractivity contribution in [2.75, 3.05) is 18.8 Å². The Kier molecular flexibility index (Phi) is 5.67. The van der Waals surface area contributed by atoms with E-state index in [0.717, 1.165) is 5.75 Å². The topological polar surface area (TPSA) is 57.6 Å². The summed E-state index contributed by atoms with van der Waals surface area (Å²) >= 11 is 1.69. The zero-order valence-electron chi connectivity index (χ0n) is 12.2. The third kappa shape index (κ3) is 4.77. The number of thioether (sulfide) groups is 1. The molecule has 0 unspecified atom stereocenters. The van der Waals surface area contributed by atoms with E-state index in [2.05, 4.69) is 31.2 Å². The monoisotopic (exact) mass is 307 g/mol. The van der Waals surface area contributed by atoms with Crippen LogP contribution in [0, 0.1) is 12.8 Å². The van der Waals surface area contributed by atoms with E-state index >= 15 is 0 Å². The Morgan fingerprint density at radius 2 is 1.86 bits per heavy atom. The van der Waals surface area contributed by atoms with Crippen molar-refractivity contribution in [1.82, 2.24) is 4.90 Å². The summed E-state index contributed by atoms with van der Waals surface area (Å²) in [5.41, 5.74) is 1.23. The van der Waals surface area contributed by atoms with Gasteiger partial charge in [-0.1, -0.05) is 17.7 Å². The van der Waals surface area contributed by atoms with Gasteiger partial charge in [0.05, 0.1) is 5.92 Å². The molecule has 0 bridgehead atoms. The Labute approximate surface area is 129 Å². The van der Waals surface area contributed by atoms with Crippen molar-refractivity contribution in [2.24, 2.45) is 5.92 Å². The number of aryl methyl sites for hydroxylation is 1. The number of carboxylic acids is 1. The fraction of sp³-hybridized carbons (Fsp3) is 0.500. The van der Waals surface area contributed by atoms with E-state index in [1.807, 2.05) is 0 Å². The van der Waals surface area contributed by atoms with Crippen molar-refractivity contribution in [1.29, 1.82) is 0 Å². The molecule has 1 fully saturated rings. The molecule has 4 nitrogen and oxygen atoms in total. The van der Waals surface area contributed by atoms with Gasteiger partial charge in [0.25, 0.3) is 0 Å². The fourth-order valence-electron chi connectivity index (χ4n) is 2.42. The van der Waals surface area contributed by atoms with Crippen molar-refractivity contribution >= 4 is 23.6 Å². The van der Waals surface area contributed by atoms with Gasteiger partial charge in [-0.15, -0.1) is 11.8 Å². The number of likely N-dealkylation sites (tertiary alicyclic amines) is 1. The molecule has 114 valence electrons. The largest absolute Gasteiger partial charge is 0.481 e. The van der Waals surface area contributed by atoms with Crippen LogP contribution in [0.2, 0.25) is 0 Å². The summed E-state index contributed by atoms with van der Waals surface area (Å²) < 4.78 is 0. The number of rotatable bonds is 5. The molecule has 1 N–H and O–H groups in total. The number of piperidine rings is 1. The summed E-state index contributed by atoms with van der Waals surface area (Å²) in [6, 6.07) is 8.29. The first-order chi connectivity index (χ1) is 10.1. The van der Waals surface area contributed by atoms with Crippen LogP contribution in [0.3, 0.4) is 0 Å². The summed E-state index contributed by atoms with van der Waals surface area (Å²) in [5.74, 6) is -0.118. The highest BCUT2D eigenvalue weighted by Gasteiger charge is 2.26. The lowest BCUT2D eigenvalue weighted by Crippen LogP contribution is -2.40. The standard InChI is InChI=1S/C16H21NO3S/c1-12-2-4-14(5-3-12)21-11-8-15(18)17-9-6-13(7-10-17)16(19)20/h2-5,13H,6-11H2,1H3,(H,19,20). The molecule has 0 spiro atoms. The first-order valence-corrected chi connectivity index (χ1v) is 8.25. The van der Waals surface area contributed by atoms with Crippen molar-refractivity contribution in [2.45, 2.75) is 31.1 Å². The highest BCUT2D eigenvalue weighted by molar-refractivity contribution is 7.99. The maximum absolute atomic E-state index is 12.1. The van der Waals surface area contributed by atoms with E-state index in [0.29, 0.717) is 32.4 Å². The minimum atomic E-state index is -0.739. The predicted molar refractivity (Wildman–Crippen MR) is 83.5 cm³/mol. The molecule has 0 aromatic heterocycles. The number of amides is 1. The van der Waals surface area contributed by atoms with Crippen molar-refractivity contribution in [3.8, 4) is 0 Å². The van der Waals surface area contributed by atoms with Crippen molar-refractivity contribution < 1.29 is 14.7 Å². The zero-order chi connectivity index (χ0) is 15.2. The first-order valence-electron chi connectivity index (χ1n) is 7.26. The fourth-order valence-corrected chi connectivity index (χ4v) is 3.27. The molecule has 1 amide bonds. The lowest BCUT2D eigenvalue weighted by Gasteiger charge is -2.30. The Hall–Kier alpha value is -1.49. The minimum Gasteiger partial charge on any atom is -0.481 e. The minimum absolute atomic E-state index is 0.137. The highest BCUT2D eigenvalue weighted by Crippen LogP contribution is 2.21. The molecule has 5 heteroatoms. The van der Waals surface area contributed by atoms with Crippen LogP contribution < -0.4 is 0 Å². The van der Waals surface area contributed by atoms with Gasteiger partial charge >= 0.3 is 5.97 Å². The quantitative estimate of drug-likeness (QED) is 0.850. The van der Waals surface area contributed by atoms with Gasteiger partial charge in [0.15, 0.2) is 0 Å². The molecule has 1 heterocycles. The molecule has 0 atom stereocenters. The molecule has 21 heavy (non-hydrogen) atoms. The summed E-state index contributed by atoms with van der Waals surface area (Å²) in [7, 11) is 0. The van der Waals surface area contributed by atoms with E-state index < -0.39 is 5.97 Å². The van der Waals surface area contributed by atoms with Crippen LogP contribution in [0.5, 0.6) is 0 Å².